The maximum atomic E-state index is 5.71. The molecule has 2 N–H and O–H groups in total. The lowest BCUT2D eigenvalue weighted by Crippen LogP contribution is -2.46. The molecule has 4 heterocycles. The van der Waals surface area contributed by atoms with E-state index in [0.29, 0.717) is 16.8 Å². The number of nitrogens with zero attached hydrogens (tertiary/aromatic N) is 5. The van der Waals surface area contributed by atoms with Gasteiger partial charge in [0.1, 0.15) is 0 Å². The summed E-state index contributed by atoms with van der Waals surface area (Å²) in [6.07, 6.45) is 1.87. The maximum Gasteiger partial charge on any atom is 0.244 e. The number of thiazole rings is 1. The average Bonchev–Trinajstić information content (AvgIpc) is 3.36. The molecule has 7 nitrogen and oxygen atoms in total. The largest absolute Gasteiger partial charge is 0.375 e. The van der Waals surface area contributed by atoms with Crippen LogP contribution in [0.3, 0.4) is 0 Å². The van der Waals surface area contributed by atoms with Gasteiger partial charge in [0, 0.05) is 43.8 Å². The van der Waals surface area contributed by atoms with Crippen molar-refractivity contribution in [3.05, 3.63) is 34.5 Å². The number of nitrogens with two attached hydrogens (primary N) is 1. The summed E-state index contributed by atoms with van der Waals surface area (Å²) < 4.78 is 5.50. The van der Waals surface area contributed by atoms with E-state index in [1.54, 1.807) is 22.7 Å². The Morgan fingerprint density at radius 3 is 2.77 bits per heavy atom. The molecule has 1 aliphatic heterocycles. The van der Waals surface area contributed by atoms with Crippen LogP contribution in [0, 0.1) is 0 Å². The Bertz CT molecular complexity index is 812. The van der Waals surface area contributed by atoms with Crippen LogP contribution in [0.5, 0.6) is 0 Å². The van der Waals surface area contributed by atoms with Crippen molar-refractivity contribution in [2.75, 3.05) is 31.9 Å². The molecular weight excluding hydrogens is 392 g/mol. The first-order valence-corrected chi connectivity index (χ1v) is 9.93. The first-order chi connectivity index (χ1) is 12.2. The van der Waals surface area contributed by atoms with Crippen LogP contribution in [0.1, 0.15) is 23.7 Å². The maximum absolute atomic E-state index is 5.71. The predicted molar refractivity (Wildman–Crippen MR) is 107 cm³/mol. The Kier molecular flexibility index (Phi) is 6.25. The van der Waals surface area contributed by atoms with E-state index < -0.39 is 0 Å². The van der Waals surface area contributed by atoms with Crippen molar-refractivity contribution >= 4 is 40.2 Å². The summed E-state index contributed by atoms with van der Waals surface area (Å²) in [5, 5.41) is 6.78. The van der Waals surface area contributed by atoms with Crippen LogP contribution in [0.15, 0.2) is 28.2 Å². The van der Waals surface area contributed by atoms with Crippen LogP contribution in [0.25, 0.3) is 10.7 Å². The molecule has 1 saturated heterocycles. The van der Waals surface area contributed by atoms with E-state index in [0.717, 1.165) is 37.6 Å². The first kappa shape index (κ1) is 19.2. The lowest BCUT2D eigenvalue weighted by molar-refractivity contribution is 0.0850. The number of aromatic nitrogens is 3. The molecule has 140 valence electrons. The van der Waals surface area contributed by atoms with Gasteiger partial charge in [-0.1, -0.05) is 11.2 Å². The molecular formula is C16H21ClN6OS2. The predicted octanol–water partition coefficient (Wildman–Crippen LogP) is 3.14. The summed E-state index contributed by atoms with van der Waals surface area (Å²) in [6.45, 7) is 7.02. The monoisotopic (exact) mass is 412 g/mol. The molecule has 26 heavy (non-hydrogen) atoms. The summed E-state index contributed by atoms with van der Waals surface area (Å²) in [5.41, 5.74) is 5.71. The second-order valence-electron chi connectivity index (χ2n) is 6.09. The lowest BCUT2D eigenvalue weighted by atomic mass is 10.2. The van der Waals surface area contributed by atoms with Crippen LogP contribution in [-0.4, -0.2) is 51.1 Å². The summed E-state index contributed by atoms with van der Waals surface area (Å²) in [5.74, 6) is 1.37. The number of anilines is 1. The topological polar surface area (TPSA) is 84.3 Å². The Hall–Kier alpha value is -1.52. The van der Waals surface area contributed by atoms with Crippen LogP contribution in [0.4, 0.5) is 5.13 Å². The molecule has 3 aromatic rings. The second-order valence-corrected chi connectivity index (χ2v) is 8.18. The standard InChI is InChI=1S/C16H20N6OS2.ClH/c1-11(15-19-14(20-23-15)13-3-2-8-24-13)22-6-4-21(5-7-22)10-12-9-18-16(17)25-12;/h2-3,8-9,11H,4-7,10H2,1H3,(H2,17,18);1H. The Labute approximate surface area is 166 Å². The van der Waals surface area contributed by atoms with E-state index in [1.165, 1.54) is 4.88 Å². The fraction of sp³-hybridized carbons (Fsp3) is 0.438. The van der Waals surface area contributed by atoms with Gasteiger partial charge in [0.05, 0.1) is 10.9 Å². The summed E-state index contributed by atoms with van der Waals surface area (Å²) in [6, 6.07) is 4.13. The van der Waals surface area contributed by atoms with Gasteiger partial charge in [-0.3, -0.25) is 9.80 Å². The molecule has 0 spiro atoms. The summed E-state index contributed by atoms with van der Waals surface area (Å²) >= 11 is 3.19. The molecule has 1 unspecified atom stereocenters. The average molecular weight is 413 g/mol. The number of piperazine rings is 1. The molecule has 0 aromatic carbocycles. The molecule has 0 radical (unpaired) electrons. The smallest absolute Gasteiger partial charge is 0.244 e. The van der Waals surface area contributed by atoms with Gasteiger partial charge in [-0.2, -0.15) is 4.98 Å². The highest BCUT2D eigenvalue weighted by atomic mass is 35.5. The van der Waals surface area contributed by atoms with Gasteiger partial charge in [-0.25, -0.2) is 4.98 Å². The van der Waals surface area contributed by atoms with Gasteiger partial charge in [-0.05, 0) is 18.4 Å². The highest BCUT2D eigenvalue weighted by molar-refractivity contribution is 7.15. The van der Waals surface area contributed by atoms with E-state index in [4.69, 9.17) is 10.3 Å². The van der Waals surface area contributed by atoms with Crippen LogP contribution >= 0.6 is 35.1 Å². The number of halogens is 1. The van der Waals surface area contributed by atoms with Gasteiger partial charge >= 0.3 is 0 Å². The van der Waals surface area contributed by atoms with Crippen LogP contribution in [-0.2, 0) is 6.54 Å². The third-order valence-corrected chi connectivity index (χ3v) is 6.12. The van der Waals surface area contributed by atoms with Gasteiger partial charge in [-0.15, -0.1) is 35.1 Å². The number of hydrogen-bond acceptors (Lipinski definition) is 9. The Morgan fingerprint density at radius 2 is 2.12 bits per heavy atom. The normalized spacial score (nSPS) is 17.1. The quantitative estimate of drug-likeness (QED) is 0.688. The van der Waals surface area contributed by atoms with E-state index in [2.05, 4.69) is 31.8 Å². The fourth-order valence-electron chi connectivity index (χ4n) is 2.99. The van der Waals surface area contributed by atoms with E-state index in [1.807, 2.05) is 23.7 Å². The van der Waals surface area contributed by atoms with Crippen molar-refractivity contribution in [1.29, 1.82) is 0 Å². The van der Waals surface area contributed by atoms with E-state index in [9.17, 15) is 0 Å². The van der Waals surface area contributed by atoms with Crippen molar-refractivity contribution in [2.45, 2.75) is 19.5 Å². The highest BCUT2D eigenvalue weighted by Gasteiger charge is 2.26. The fourth-order valence-corrected chi connectivity index (χ4v) is 4.37. The molecule has 1 fully saturated rings. The molecule has 1 aliphatic rings. The molecule has 10 heteroatoms. The molecule has 3 aromatic heterocycles. The zero-order chi connectivity index (χ0) is 17.2. The van der Waals surface area contributed by atoms with Gasteiger partial charge in [0.25, 0.3) is 0 Å². The molecule has 0 aliphatic carbocycles. The van der Waals surface area contributed by atoms with Crippen LogP contribution in [0.2, 0.25) is 0 Å². The second kappa shape index (κ2) is 8.45. The molecule has 0 amide bonds. The summed E-state index contributed by atoms with van der Waals surface area (Å²) in [7, 11) is 0. The number of thiophene rings is 1. The minimum Gasteiger partial charge on any atom is -0.375 e. The minimum absolute atomic E-state index is 0. The number of nitrogen functional groups attached to an aromatic ring is 1. The molecule has 0 saturated carbocycles. The SMILES string of the molecule is CC(c1nc(-c2cccs2)no1)N1CCN(Cc2cnc(N)s2)CC1.Cl. The molecule has 1 atom stereocenters. The molecule has 0 bridgehead atoms. The van der Waals surface area contributed by atoms with Crippen LogP contribution < -0.4 is 5.73 Å². The Morgan fingerprint density at radius 1 is 1.31 bits per heavy atom. The van der Waals surface area contributed by atoms with E-state index >= 15 is 0 Å². The molecule has 4 rings (SSSR count). The van der Waals surface area contributed by atoms with Crippen molar-refractivity contribution in [1.82, 2.24) is 24.9 Å². The van der Waals surface area contributed by atoms with Crippen molar-refractivity contribution in [3.8, 4) is 10.7 Å². The minimum atomic E-state index is 0. The van der Waals surface area contributed by atoms with Crippen molar-refractivity contribution < 1.29 is 4.52 Å². The first-order valence-electron chi connectivity index (χ1n) is 8.23. The zero-order valence-corrected chi connectivity index (χ0v) is 16.8. The third-order valence-electron chi connectivity index (χ3n) is 4.45. The number of hydrogen-bond donors (Lipinski definition) is 1. The van der Waals surface area contributed by atoms with Gasteiger partial charge < -0.3 is 10.3 Å². The lowest BCUT2D eigenvalue weighted by Gasteiger charge is -2.36. The number of rotatable bonds is 5. The summed E-state index contributed by atoms with van der Waals surface area (Å²) in [4.78, 5) is 15.8. The highest BCUT2D eigenvalue weighted by Crippen LogP contribution is 2.26. The van der Waals surface area contributed by atoms with Crippen molar-refractivity contribution in [3.63, 3.8) is 0 Å². The third kappa shape index (κ3) is 4.24. The van der Waals surface area contributed by atoms with Gasteiger partial charge in [0.2, 0.25) is 11.7 Å². The van der Waals surface area contributed by atoms with E-state index in [-0.39, 0.29) is 18.4 Å². The van der Waals surface area contributed by atoms with Crippen molar-refractivity contribution in [2.24, 2.45) is 0 Å². The Balaban J connectivity index is 0.00000196. The zero-order valence-electron chi connectivity index (χ0n) is 14.4. The van der Waals surface area contributed by atoms with Gasteiger partial charge in [0.15, 0.2) is 5.13 Å².